The number of rotatable bonds is 18. The molecule has 3 aromatic rings. The van der Waals surface area contributed by atoms with Gasteiger partial charge in [0.25, 0.3) is 0 Å². The fourth-order valence-corrected chi connectivity index (χ4v) is 5.05. The Bertz CT molecular complexity index is 1520. The van der Waals surface area contributed by atoms with Crippen LogP contribution in [0.4, 0.5) is 0 Å². The summed E-state index contributed by atoms with van der Waals surface area (Å²) < 4.78 is 32.6. The van der Waals surface area contributed by atoms with Gasteiger partial charge in [-0.25, -0.2) is 28.8 Å². The number of fused-ring (bicyclic) bond motifs is 3. The fraction of sp³-hybridized carbons (Fsp3) is 0.273. The number of aliphatic carboxylic acids is 6. The van der Waals surface area contributed by atoms with Gasteiger partial charge in [-0.1, -0.05) is 0 Å². The van der Waals surface area contributed by atoms with Gasteiger partial charge in [-0.3, -0.25) is 0 Å². The Balaban J connectivity index is 1.99. The number of hydrogen-bond donors (Lipinski definition) is 6. The summed E-state index contributed by atoms with van der Waals surface area (Å²) in [6.07, 6.45) is 0.151. The largest absolute Gasteiger partial charge is 0.479 e. The molecular weight excluding hydrogens is 684 g/mol. The summed E-state index contributed by atoms with van der Waals surface area (Å²) in [6.45, 7) is -4.82. The molecule has 0 fully saturated rings. The van der Waals surface area contributed by atoms with Crippen molar-refractivity contribution in [2.24, 2.45) is 0 Å². The highest BCUT2D eigenvalue weighted by atomic mass is 16.6. The second-order valence-electron chi connectivity index (χ2n) is 10.8. The van der Waals surface area contributed by atoms with Gasteiger partial charge in [0.05, 0.1) is 0 Å². The summed E-state index contributed by atoms with van der Waals surface area (Å²) in [6, 6.07) is 8.68. The lowest BCUT2D eigenvalue weighted by molar-refractivity contribution is -0.140. The summed E-state index contributed by atoms with van der Waals surface area (Å²) in [5.74, 6) is -8.61. The highest BCUT2D eigenvalue weighted by Gasteiger charge is 2.24. The van der Waals surface area contributed by atoms with Crippen LogP contribution in [0.15, 0.2) is 36.4 Å². The second kappa shape index (κ2) is 16.6. The Morgan fingerprint density at radius 2 is 0.471 bits per heavy atom. The molecule has 4 rings (SSSR count). The standard InChI is InChI=1S/C33H30O18/c34-28(35)10-46-22-4-16-1-17-5-23(47-11-29(36)37)25(49-13-31(40)41)7-19(17)3-21-9-27(51-15-33(44)45)26(50-14-32(42)43)8-20(21)2-18(16)6-24(22)48-12-30(38)39/h4-9H,1-3,10-15H2,(H,34,35)(H,36,37)(H,38,39)(H,40,41)(H,42,43)(H,44,45). The molecular formula is C33H30O18. The van der Waals surface area contributed by atoms with E-state index in [1.54, 1.807) is 0 Å². The number of hydrogen-bond acceptors (Lipinski definition) is 12. The fourth-order valence-electron chi connectivity index (χ4n) is 5.05. The van der Waals surface area contributed by atoms with Gasteiger partial charge >= 0.3 is 35.8 Å². The zero-order chi connectivity index (χ0) is 37.2. The van der Waals surface area contributed by atoms with E-state index in [0.717, 1.165) is 0 Å². The minimum Gasteiger partial charge on any atom is -0.479 e. The monoisotopic (exact) mass is 714 g/mol. The predicted octanol–water partition coefficient (Wildman–Crippen LogP) is 1.55. The molecule has 3 aromatic carbocycles. The molecule has 0 amide bonds. The van der Waals surface area contributed by atoms with Gasteiger partial charge in [-0.15, -0.1) is 0 Å². The third-order valence-corrected chi connectivity index (χ3v) is 7.05. The van der Waals surface area contributed by atoms with E-state index in [1.807, 2.05) is 0 Å². The predicted molar refractivity (Wildman–Crippen MR) is 167 cm³/mol. The summed E-state index contributed by atoms with van der Waals surface area (Å²) in [7, 11) is 0. The van der Waals surface area contributed by atoms with Crippen LogP contribution in [0.3, 0.4) is 0 Å². The smallest absolute Gasteiger partial charge is 0.341 e. The summed E-state index contributed by atoms with van der Waals surface area (Å²) in [4.78, 5) is 68.1. The Hall–Kier alpha value is -6.72. The van der Waals surface area contributed by atoms with Crippen LogP contribution in [0, 0.1) is 0 Å². The van der Waals surface area contributed by atoms with Crippen molar-refractivity contribution in [1.29, 1.82) is 0 Å². The number of ether oxygens (including phenoxy) is 6. The number of carboxylic acid groups (broad SMARTS) is 6. The van der Waals surface area contributed by atoms with Gasteiger partial charge in [-0.2, -0.15) is 0 Å². The number of carboxylic acids is 6. The molecule has 0 saturated carbocycles. The highest BCUT2D eigenvalue weighted by molar-refractivity contribution is 5.72. The second-order valence-corrected chi connectivity index (χ2v) is 10.8. The van der Waals surface area contributed by atoms with Gasteiger partial charge < -0.3 is 59.1 Å². The number of carbonyl (C=O) groups is 6. The van der Waals surface area contributed by atoms with Crippen LogP contribution in [0.2, 0.25) is 0 Å². The Labute approximate surface area is 286 Å². The molecule has 51 heavy (non-hydrogen) atoms. The molecule has 1 aliphatic rings. The Morgan fingerprint density at radius 3 is 0.588 bits per heavy atom. The van der Waals surface area contributed by atoms with Crippen molar-refractivity contribution >= 4 is 35.8 Å². The van der Waals surface area contributed by atoms with Gasteiger partial charge in [0.2, 0.25) is 0 Å². The molecule has 0 radical (unpaired) electrons. The third kappa shape index (κ3) is 10.6. The van der Waals surface area contributed by atoms with Crippen LogP contribution in [-0.4, -0.2) is 106 Å². The molecule has 0 unspecified atom stereocenters. The van der Waals surface area contributed by atoms with Crippen molar-refractivity contribution in [1.82, 2.24) is 0 Å². The minimum absolute atomic E-state index is 0.0503. The molecule has 6 N–H and O–H groups in total. The van der Waals surface area contributed by atoms with Gasteiger partial charge in [0.15, 0.2) is 74.1 Å². The molecule has 0 atom stereocenters. The summed E-state index contributed by atoms with van der Waals surface area (Å²) >= 11 is 0. The molecule has 0 heterocycles. The molecule has 1 aliphatic carbocycles. The van der Waals surface area contributed by atoms with Gasteiger partial charge in [0, 0.05) is 0 Å². The molecule has 18 heteroatoms. The minimum atomic E-state index is -1.33. The lowest BCUT2D eigenvalue weighted by Crippen LogP contribution is -2.14. The summed E-state index contributed by atoms with van der Waals surface area (Å²) in [5, 5.41) is 55.5. The normalized spacial score (nSPS) is 11.5. The first kappa shape index (κ1) is 37.1. The molecule has 0 aromatic heterocycles. The average Bonchev–Trinajstić information content (AvgIpc) is 3.10. The first-order valence-electron chi connectivity index (χ1n) is 14.7. The Morgan fingerprint density at radius 1 is 0.333 bits per heavy atom. The zero-order valence-electron chi connectivity index (χ0n) is 26.4. The van der Waals surface area contributed by atoms with Crippen molar-refractivity contribution in [3.8, 4) is 34.5 Å². The lowest BCUT2D eigenvalue weighted by Gasteiger charge is -2.18. The van der Waals surface area contributed by atoms with Crippen LogP contribution in [0.1, 0.15) is 33.4 Å². The maximum atomic E-state index is 11.3. The lowest BCUT2D eigenvalue weighted by atomic mass is 9.94. The van der Waals surface area contributed by atoms with Crippen LogP contribution in [0.5, 0.6) is 34.5 Å². The van der Waals surface area contributed by atoms with E-state index in [4.69, 9.17) is 28.4 Å². The van der Waals surface area contributed by atoms with E-state index in [9.17, 15) is 59.4 Å². The number of benzene rings is 3. The van der Waals surface area contributed by atoms with Crippen molar-refractivity contribution in [3.63, 3.8) is 0 Å². The molecule has 270 valence electrons. The van der Waals surface area contributed by atoms with E-state index in [-0.39, 0.29) is 53.8 Å². The molecule has 18 nitrogen and oxygen atoms in total. The van der Waals surface area contributed by atoms with Crippen molar-refractivity contribution in [2.45, 2.75) is 19.3 Å². The van der Waals surface area contributed by atoms with Crippen LogP contribution >= 0.6 is 0 Å². The van der Waals surface area contributed by atoms with Gasteiger partial charge in [0.1, 0.15) is 0 Å². The molecule has 0 saturated heterocycles. The topological polar surface area (TPSA) is 279 Å². The van der Waals surface area contributed by atoms with E-state index >= 15 is 0 Å². The van der Waals surface area contributed by atoms with E-state index in [2.05, 4.69) is 0 Å². The zero-order valence-corrected chi connectivity index (χ0v) is 26.4. The maximum absolute atomic E-state index is 11.3. The molecule has 0 bridgehead atoms. The van der Waals surface area contributed by atoms with Crippen molar-refractivity contribution < 1.29 is 87.8 Å². The van der Waals surface area contributed by atoms with Crippen LogP contribution < -0.4 is 28.4 Å². The van der Waals surface area contributed by atoms with Crippen LogP contribution in [-0.2, 0) is 48.0 Å². The van der Waals surface area contributed by atoms with Gasteiger partial charge in [-0.05, 0) is 89.0 Å². The first-order valence-corrected chi connectivity index (χ1v) is 14.7. The van der Waals surface area contributed by atoms with E-state index in [1.165, 1.54) is 36.4 Å². The van der Waals surface area contributed by atoms with E-state index < -0.39 is 75.5 Å². The molecule has 0 aliphatic heterocycles. The third-order valence-electron chi connectivity index (χ3n) is 7.05. The first-order chi connectivity index (χ1) is 24.2. The quantitative estimate of drug-likeness (QED) is 0.0852. The van der Waals surface area contributed by atoms with E-state index in [0.29, 0.717) is 33.4 Å². The maximum Gasteiger partial charge on any atom is 0.341 e. The highest BCUT2D eigenvalue weighted by Crippen LogP contribution is 2.41. The Kier molecular flexibility index (Phi) is 12.1. The average molecular weight is 715 g/mol. The molecule has 0 spiro atoms. The summed E-state index contributed by atoms with van der Waals surface area (Å²) in [5.41, 5.74) is 2.97. The SMILES string of the molecule is O=C(O)COc1cc2c(cc1OCC(=O)O)Cc1cc(OCC(=O)O)c(OCC(=O)O)cc1Cc1cc(OCC(=O)O)c(OCC(=O)O)cc1C2. The van der Waals surface area contributed by atoms with Crippen LogP contribution in [0.25, 0.3) is 0 Å². The van der Waals surface area contributed by atoms with Crippen molar-refractivity contribution in [3.05, 3.63) is 69.8 Å². The van der Waals surface area contributed by atoms with Crippen molar-refractivity contribution in [2.75, 3.05) is 39.6 Å².